The Bertz CT molecular complexity index is 716. The lowest BCUT2D eigenvalue weighted by Crippen LogP contribution is -2.46. The van der Waals surface area contributed by atoms with Gasteiger partial charge in [0.2, 0.25) is 10.0 Å². The number of sulfone groups is 1. The summed E-state index contributed by atoms with van der Waals surface area (Å²) in [6.07, 6.45) is 1.08. The molecule has 1 heterocycles. The molecule has 0 saturated carbocycles. The minimum atomic E-state index is -3.60. The van der Waals surface area contributed by atoms with Gasteiger partial charge in [0.05, 0.1) is 9.79 Å². The first kappa shape index (κ1) is 18.9. The molecule has 1 aromatic rings. The molecule has 21 heavy (non-hydrogen) atoms. The molecule has 1 aromatic carbocycles. The second-order valence-corrected chi connectivity index (χ2v) is 9.29. The molecule has 0 radical (unpaired) electrons. The van der Waals surface area contributed by atoms with Gasteiger partial charge in [-0.1, -0.05) is 0 Å². The summed E-state index contributed by atoms with van der Waals surface area (Å²) >= 11 is 3.16. The Morgan fingerprint density at radius 3 is 2.19 bits per heavy atom. The van der Waals surface area contributed by atoms with Crippen LogP contribution >= 0.6 is 28.3 Å². The van der Waals surface area contributed by atoms with Crippen molar-refractivity contribution in [2.45, 2.75) is 9.79 Å². The summed E-state index contributed by atoms with van der Waals surface area (Å²) in [7, 11) is -6.96. The lowest BCUT2D eigenvalue weighted by Gasteiger charge is -2.27. The SMILES string of the molecule is CS(=O)(=O)c1ccc(S(=O)(=O)N2CCNCC2)c(Br)c1.Cl. The van der Waals surface area contributed by atoms with Gasteiger partial charge in [0.1, 0.15) is 0 Å². The normalized spacial score (nSPS) is 17.2. The van der Waals surface area contributed by atoms with Gasteiger partial charge < -0.3 is 5.32 Å². The second-order valence-electron chi connectivity index (χ2n) is 4.52. The Labute approximate surface area is 139 Å². The lowest BCUT2D eigenvalue weighted by molar-refractivity contribution is 0.360. The van der Waals surface area contributed by atoms with Crippen LogP contribution in [0.3, 0.4) is 0 Å². The van der Waals surface area contributed by atoms with Crippen LogP contribution in [0.1, 0.15) is 0 Å². The summed E-state index contributed by atoms with van der Waals surface area (Å²) in [5.74, 6) is 0. The van der Waals surface area contributed by atoms with Crippen LogP contribution in [-0.2, 0) is 19.9 Å². The maximum Gasteiger partial charge on any atom is 0.244 e. The average molecular weight is 420 g/mol. The summed E-state index contributed by atoms with van der Waals surface area (Å²) < 4.78 is 49.5. The molecule has 0 unspecified atom stereocenters. The number of benzene rings is 1. The van der Waals surface area contributed by atoms with Gasteiger partial charge in [-0.2, -0.15) is 4.31 Å². The summed E-state index contributed by atoms with van der Waals surface area (Å²) in [5.41, 5.74) is 0. The Balaban J connectivity index is 0.00000220. The van der Waals surface area contributed by atoms with Crippen LogP contribution in [0.2, 0.25) is 0 Å². The number of nitrogens with one attached hydrogen (secondary N) is 1. The number of sulfonamides is 1. The van der Waals surface area contributed by atoms with Crippen molar-refractivity contribution in [3.8, 4) is 0 Å². The maximum atomic E-state index is 12.5. The minimum absolute atomic E-state index is 0. The van der Waals surface area contributed by atoms with Gasteiger partial charge in [0.25, 0.3) is 0 Å². The number of piperazine rings is 1. The third-order valence-corrected chi connectivity index (χ3v) is 7.01. The molecular formula is C11H16BrClN2O4S2. The number of hydrogen-bond donors (Lipinski definition) is 1. The fourth-order valence-electron chi connectivity index (χ4n) is 1.95. The highest BCUT2D eigenvalue weighted by molar-refractivity contribution is 9.10. The maximum absolute atomic E-state index is 12.5. The quantitative estimate of drug-likeness (QED) is 0.786. The number of hydrogen-bond acceptors (Lipinski definition) is 5. The first-order chi connectivity index (χ1) is 9.23. The molecule has 0 aliphatic carbocycles. The van der Waals surface area contributed by atoms with Crippen LogP contribution in [0, 0.1) is 0 Å². The van der Waals surface area contributed by atoms with Crippen LogP contribution in [0.4, 0.5) is 0 Å². The molecule has 120 valence electrons. The van der Waals surface area contributed by atoms with E-state index < -0.39 is 19.9 Å². The number of rotatable bonds is 3. The highest BCUT2D eigenvalue weighted by atomic mass is 79.9. The topological polar surface area (TPSA) is 83.5 Å². The molecular weight excluding hydrogens is 404 g/mol. The van der Waals surface area contributed by atoms with Crippen LogP contribution in [0.5, 0.6) is 0 Å². The van der Waals surface area contributed by atoms with E-state index in [9.17, 15) is 16.8 Å². The summed E-state index contributed by atoms with van der Waals surface area (Å²) in [5, 5.41) is 3.08. The smallest absolute Gasteiger partial charge is 0.244 e. The highest BCUT2D eigenvalue weighted by Gasteiger charge is 2.28. The van der Waals surface area contributed by atoms with E-state index in [2.05, 4.69) is 21.2 Å². The van der Waals surface area contributed by atoms with E-state index in [0.29, 0.717) is 26.2 Å². The van der Waals surface area contributed by atoms with Crippen molar-refractivity contribution in [3.63, 3.8) is 0 Å². The predicted molar refractivity (Wildman–Crippen MR) is 86.1 cm³/mol. The minimum Gasteiger partial charge on any atom is -0.314 e. The molecule has 1 aliphatic rings. The van der Waals surface area contributed by atoms with Crippen molar-refractivity contribution in [3.05, 3.63) is 22.7 Å². The van der Waals surface area contributed by atoms with Crippen molar-refractivity contribution in [1.82, 2.24) is 9.62 Å². The van der Waals surface area contributed by atoms with Gasteiger partial charge in [-0.3, -0.25) is 0 Å². The van der Waals surface area contributed by atoms with Crippen molar-refractivity contribution < 1.29 is 16.8 Å². The first-order valence-corrected chi connectivity index (χ1v) is 10.1. The molecule has 0 bridgehead atoms. The van der Waals surface area contributed by atoms with Gasteiger partial charge in [-0.05, 0) is 34.1 Å². The van der Waals surface area contributed by atoms with Gasteiger partial charge in [-0.25, -0.2) is 16.8 Å². The molecule has 2 rings (SSSR count). The van der Waals surface area contributed by atoms with Gasteiger partial charge in [0.15, 0.2) is 9.84 Å². The zero-order valence-corrected chi connectivity index (χ0v) is 15.3. The Morgan fingerprint density at radius 2 is 1.71 bits per heavy atom. The molecule has 0 aromatic heterocycles. The third-order valence-electron chi connectivity index (χ3n) is 3.03. The lowest BCUT2D eigenvalue weighted by atomic mass is 10.4. The first-order valence-electron chi connectivity index (χ1n) is 5.93. The number of halogens is 2. The molecule has 1 aliphatic heterocycles. The van der Waals surface area contributed by atoms with Crippen LogP contribution in [-0.4, -0.2) is 53.6 Å². The summed E-state index contributed by atoms with van der Waals surface area (Å²) in [6, 6.07) is 3.97. The second kappa shape index (κ2) is 6.93. The van der Waals surface area contributed by atoms with E-state index in [-0.39, 0.29) is 26.7 Å². The Morgan fingerprint density at radius 1 is 1.14 bits per heavy atom. The monoisotopic (exact) mass is 418 g/mol. The van der Waals surface area contributed by atoms with E-state index in [0.717, 1.165) is 6.26 Å². The molecule has 0 atom stereocenters. The largest absolute Gasteiger partial charge is 0.314 e. The molecule has 0 amide bonds. The van der Waals surface area contributed by atoms with Gasteiger partial charge >= 0.3 is 0 Å². The Hall–Kier alpha value is -0.190. The highest BCUT2D eigenvalue weighted by Crippen LogP contribution is 2.27. The van der Waals surface area contributed by atoms with E-state index in [1.54, 1.807) is 0 Å². The fraction of sp³-hybridized carbons (Fsp3) is 0.455. The molecule has 6 nitrogen and oxygen atoms in total. The van der Waals surface area contributed by atoms with Crippen molar-refractivity contribution in [2.24, 2.45) is 0 Å². The van der Waals surface area contributed by atoms with Gasteiger partial charge in [0, 0.05) is 36.9 Å². The summed E-state index contributed by atoms with van der Waals surface area (Å²) in [4.78, 5) is 0.176. The molecule has 1 N–H and O–H groups in total. The van der Waals surface area contributed by atoms with Crippen LogP contribution in [0.15, 0.2) is 32.5 Å². The van der Waals surface area contributed by atoms with Crippen LogP contribution in [0.25, 0.3) is 0 Å². The van der Waals surface area contributed by atoms with Crippen molar-refractivity contribution in [1.29, 1.82) is 0 Å². The third kappa shape index (κ3) is 4.17. The van der Waals surface area contributed by atoms with Gasteiger partial charge in [-0.15, -0.1) is 12.4 Å². The van der Waals surface area contributed by atoms with E-state index in [4.69, 9.17) is 0 Å². The molecule has 1 fully saturated rings. The van der Waals surface area contributed by atoms with E-state index in [1.807, 2.05) is 0 Å². The van der Waals surface area contributed by atoms with Crippen molar-refractivity contribution >= 4 is 48.2 Å². The zero-order chi connectivity index (χ0) is 15.0. The number of nitrogens with zero attached hydrogens (tertiary/aromatic N) is 1. The molecule has 10 heteroatoms. The zero-order valence-electron chi connectivity index (χ0n) is 11.2. The van der Waals surface area contributed by atoms with Crippen LogP contribution < -0.4 is 5.32 Å². The fourth-order valence-corrected chi connectivity index (χ4v) is 5.22. The summed E-state index contributed by atoms with van der Waals surface area (Å²) in [6.45, 7) is 2.03. The molecule has 0 spiro atoms. The average Bonchev–Trinajstić information content (AvgIpc) is 2.38. The molecule has 1 saturated heterocycles. The standard InChI is InChI=1S/C11H15BrN2O4S2.ClH/c1-19(15,16)9-2-3-11(10(12)8-9)20(17,18)14-6-4-13-5-7-14;/h2-3,8,13H,4-7H2,1H3;1H. The van der Waals surface area contributed by atoms with E-state index in [1.165, 1.54) is 22.5 Å². The predicted octanol–water partition coefficient (Wildman–Crippen LogP) is 0.868. The van der Waals surface area contributed by atoms with Crippen molar-refractivity contribution in [2.75, 3.05) is 32.4 Å². The Kier molecular flexibility index (Phi) is 6.22. The van der Waals surface area contributed by atoms with E-state index >= 15 is 0 Å².